The number of fused-ring (bicyclic) bond motifs is 1. The van der Waals surface area contributed by atoms with Gasteiger partial charge in [-0.2, -0.15) is 0 Å². The third-order valence-corrected chi connectivity index (χ3v) is 6.46. The van der Waals surface area contributed by atoms with Crippen molar-refractivity contribution >= 4 is 34.6 Å². The van der Waals surface area contributed by atoms with E-state index >= 15 is 0 Å². The number of ether oxygens (including phenoxy) is 1. The largest absolute Gasteiger partial charge is 0.497 e. The van der Waals surface area contributed by atoms with Gasteiger partial charge >= 0.3 is 0 Å². The molecule has 10 nitrogen and oxygen atoms in total. The van der Waals surface area contributed by atoms with Crippen LogP contribution in [0.15, 0.2) is 34.2 Å². The number of hydrogen-bond acceptors (Lipinski definition) is 8. The molecule has 1 amide bonds. The first-order valence-corrected chi connectivity index (χ1v) is 11.3. The summed E-state index contributed by atoms with van der Waals surface area (Å²) in [7, 11) is 3.26. The van der Waals surface area contributed by atoms with E-state index in [2.05, 4.69) is 20.3 Å². The van der Waals surface area contributed by atoms with Gasteiger partial charge < -0.3 is 9.64 Å². The quantitative estimate of drug-likeness (QED) is 0.324. The minimum Gasteiger partial charge on any atom is -0.497 e. The fourth-order valence-electron chi connectivity index (χ4n) is 3.75. The van der Waals surface area contributed by atoms with Crippen LogP contribution in [0.3, 0.4) is 0 Å². The zero-order valence-electron chi connectivity index (χ0n) is 17.9. The van der Waals surface area contributed by atoms with Gasteiger partial charge in [0.05, 0.1) is 7.11 Å². The number of hydrogen-bond donors (Lipinski definition) is 1. The Labute approximate surface area is 188 Å². The van der Waals surface area contributed by atoms with Gasteiger partial charge in [-0.25, -0.2) is 9.67 Å². The molecule has 0 saturated carbocycles. The van der Waals surface area contributed by atoms with Crippen molar-refractivity contribution in [3.63, 3.8) is 0 Å². The molecule has 4 rings (SSSR count). The molecule has 168 valence electrons. The molecular formula is C21H24N6O4S. The first kappa shape index (κ1) is 22.0. The Bertz CT molecular complexity index is 1180. The topological polar surface area (TPSA) is 123 Å². The summed E-state index contributed by atoms with van der Waals surface area (Å²) in [5.74, 6) is 1.29. The van der Waals surface area contributed by atoms with Crippen molar-refractivity contribution in [2.45, 2.75) is 24.4 Å². The Morgan fingerprint density at radius 1 is 1.22 bits per heavy atom. The van der Waals surface area contributed by atoms with E-state index in [9.17, 15) is 14.4 Å². The molecule has 0 bridgehead atoms. The van der Waals surface area contributed by atoms with Crippen molar-refractivity contribution in [3.05, 3.63) is 40.2 Å². The number of H-pyrrole nitrogens is 1. The fourth-order valence-corrected chi connectivity index (χ4v) is 4.53. The first-order chi connectivity index (χ1) is 15.5. The number of amides is 1. The summed E-state index contributed by atoms with van der Waals surface area (Å²) in [5.41, 5.74) is 0.931. The zero-order chi connectivity index (χ0) is 22.7. The molecule has 3 aromatic rings. The Balaban J connectivity index is 1.26. The number of aromatic nitrogens is 5. The molecule has 1 saturated heterocycles. The number of aryl methyl sites for hydroxylation is 1. The van der Waals surface area contributed by atoms with Crippen molar-refractivity contribution in [3.8, 4) is 5.75 Å². The molecule has 0 spiro atoms. The van der Waals surface area contributed by atoms with Crippen LogP contribution in [0.4, 0.5) is 0 Å². The van der Waals surface area contributed by atoms with Crippen LogP contribution in [0.1, 0.15) is 29.6 Å². The number of carbonyl (C=O) groups is 2. The number of Topliss-reactive ketones (excluding diaryl/α,β-unsaturated/α-hetero) is 1. The molecule has 0 unspecified atom stereocenters. The third-order valence-electron chi connectivity index (χ3n) is 5.59. The summed E-state index contributed by atoms with van der Waals surface area (Å²) in [6.07, 6.45) is 1.64. The van der Waals surface area contributed by atoms with Crippen LogP contribution >= 0.6 is 11.8 Å². The number of methoxy groups -OCH3 is 1. The maximum Gasteiger partial charge on any atom is 0.281 e. The predicted octanol–water partition coefficient (Wildman–Crippen LogP) is 1.66. The second-order valence-electron chi connectivity index (χ2n) is 7.60. The van der Waals surface area contributed by atoms with Crippen LogP contribution in [0.5, 0.6) is 5.75 Å². The molecular weight excluding hydrogens is 432 g/mol. The molecule has 1 aliphatic rings. The highest BCUT2D eigenvalue weighted by Crippen LogP contribution is 2.24. The Morgan fingerprint density at radius 3 is 2.62 bits per heavy atom. The molecule has 2 aromatic heterocycles. The van der Waals surface area contributed by atoms with Crippen molar-refractivity contribution in [1.82, 2.24) is 29.9 Å². The van der Waals surface area contributed by atoms with Crippen molar-refractivity contribution in [1.29, 1.82) is 0 Å². The summed E-state index contributed by atoms with van der Waals surface area (Å²) in [4.78, 5) is 46.2. The number of thioether (sulfide) groups is 1. The van der Waals surface area contributed by atoms with E-state index in [0.29, 0.717) is 54.5 Å². The van der Waals surface area contributed by atoms with Gasteiger partial charge in [0.2, 0.25) is 5.91 Å². The predicted molar refractivity (Wildman–Crippen MR) is 119 cm³/mol. The van der Waals surface area contributed by atoms with Gasteiger partial charge in [-0.15, -0.1) is 5.10 Å². The summed E-state index contributed by atoms with van der Waals surface area (Å²) in [6.45, 7) is 1.13. The van der Waals surface area contributed by atoms with Crippen LogP contribution in [0.2, 0.25) is 0 Å². The average molecular weight is 457 g/mol. The minimum atomic E-state index is -0.347. The number of rotatable bonds is 7. The monoisotopic (exact) mass is 456 g/mol. The van der Waals surface area contributed by atoms with E-state index in [-0.39, 0.29) is 28.7 Å². The van der Waals surface area contributed by atoms with Crippen LogP contribution in [0, 0.1) is 5.92 Å². The van der Waals surface area contributed by atoms with Gasteiger partial charge in [0, 0.05) is 43.8 Å². The Morgan fingerprint density at radius 2 is 1.94 bits per heavy atom. The van der Waals surface area contributed by atoms with Crippen LogP contribution in [-0.2, 0) is 11.8 Å². The standard InChI is InChI=1S/C21H24N6O4S/c1-26-19-17(24-25-26)20(30)23-21(22-19)32-12-9-16(28)27-10-7-14(8-11-27)18(29)13-3-5-15(31-2)6-4-13/h3-6,14H,7-12H2,1-2H3,(H,22,23,30). The molecule has 1 N–H and O–H groups in total. The van der Waals surface area contributed by atoms with Crippen molar-refractivity contribution < 1.29 is 14.3 Å². The van der Waals surface area contributed by atoms with E-state index in [1.165, 1.54) is 16.4 Å². The van der Waals surface area contributed by atoms with Gasteiger partial charge in [-0.3, -0.25) is 19.4 Å². The Hall–Kier alpha value is -3.21. The lowest BCUT2D eigenvalue weighted by Gasteiger charge is -2.31. The maximum atomic E-state index is 12.7. The maximum absolute atomic E-state index is 12.7. The van der Waals surface area contributed by atoms with Crippen LogP contribution in [0.25, 0.3) is 11.2 Å². The summed E-state index contributed by atoms with van der Waals surface area (Å²) in [5, 5.41) is 8.01. The molecule has 1 aliphatic heterocycles. The number of nitrogens with zero attached hydrogens (tertiary/aromatic N) is 5. The normalized spacial score (nSPS) is 14.6. The number of benzene rings is 1. The molecule has 11 heteroatoms. The summed E-state index contributed by atoms with van der Waals surface area (Å²) >= 11 is 1.31. The lowest BCUT2D eigenvalue weighted by atomic mass is 9.89. The summed E-state index contributed by atoms with van der Waals surface area (Å²) in [6, 6.07) is 7.14. The highest BCUT2D eigenvalue weighted by atomic mass is 32.2. The highest BCUT2D eigenvalue weighted by Gasteiger charge is 2.27. The average Bonchev–Trinajstić information content (AvgIpc) is 3.20. The molecule has 1 aromatic carbocycles. The Kier molecular flexibility index (Phi) is 6.54. The van der Waals surface area contributed by atoms with Crippen LogP contribution in [-0.4, -0.2) is 67.5 Å². The van der Waals surface area contributed by atoms with Gasteiger partial charge in [-0.1, -0.05) is 17.0 Å². The number of aromatic amines is 1. The molecule has 1 fully saturated rings. The van der Waals surface area contributed by atoms with Gasteiger partial charge in [-0.05, 0) is 37.1 Å². The van der Waals surface area contributed by atoms with E-state index in [1.807, 2.05) is 4.90 Å². The second kappa shape index (κ2) is 9.51. The van der Waals surface area contributed by atoms with Crippen molar-refractivity contribution in [2.75, 3.05) is 26.0 Å². The fraction of sp³-hybridized carbons (Fsp3) is 0.429. The van der Waals surface area contributed by atoms with Crippen LogP contribution < -0.4 is 10.3 Å². The second-order valence-corrected chi connectivity index (χ2v) is 8.69. The molecule has 0 aliphatic carbocycles. The molecule has 32 heavy (non-hydrogen) atoms. The number of ketones is 1. The first-order valence-electron chi connectivity index (χ1n) is 10.3. The van der Waals surface area contributed by atoms with Gasteiger partial charge in [0.25, 0.3) is 5.56 Å². The lowest BCUT2D eigenvalue weighted by molar-refractivity contribution is -0.131. The third kappa shape index (κ3) is 4.67. The van der Waals surface area contributed by atoms with Gasteiger partial charge in [0.1, 0.15) is 5.75 Å². The molecule has 0 atom stereocenters. The zero-order valence-corrected chi connectivity index (χ0v) is 18.7. The van der Waals surface area contributed by atoms with E-state index in [1.54, 1.807) is 38.4 Å². The lowest BCUT2D eigenvalue weighted by Crippen LogP contribution is -2.40. The smallest absolute Gasteiger partial charge is 0.281 e. The summed E-state index contributed by atoms with van der Waals surface area (Å²) < 4.78 is 6.58. The van der Waals surface area contributed by atoms with E-state index in [4.69, 9.17) is 4.74 Å². The van der Waals surface area contributed by atoms with Crippen molar-refractivity contribution in [2.24, 2.45) is 13.0 Å². The number of carbonyl (C=O) groups excluding carboxylic acids is 2. The number of likely N-dealkylation sites (tertiary alicyclic amines) is 1. The molecule has 3 heterocycles. The minimum absolute atomic E-state index is 0.0403. The highest BCUT2D eigenvalue weighted by molar-refractivity contribution is 7.99. The van der Waals surface area contributed by atoms with Gasteiger partial charge in [0.15, 0.2) is 22.1 Å². The number of piperidine rings is 1. The number of nitrogens with one attached hydrogen (secondary N) is 1. The van der Waals surface area contributed by atoms with E-state index < -0.39 is 0 Å². The molecule has 0 radical (unpaired) electrons. The SMILES string of the molecule is COc1ccc(C(=O)C2CCN(C(=O)CCSc3nc4c(nnn4C)c(=O)[nH]3)CC2)cc1. The van der Waals surface area contributed by atoms with E-state index in [0.717, 1.165) is 5.75 Å².